The summed E-state index contributed by atoms with van der Waals surface area (Å²) >= 11 is 0. The number of likely N-dealkylation sites (tertiary alicyclic amines) is 1. The van der Waals surface area contributed by atoms with Gasteiger partial charge < -0.3 is 9.64 Å². The van der Waals surface area contributed by atoms with Crippen molar-refractivity contribution in [1.82, 2.24) is 9.88 Å². The summed E-state index contributed by atoms with van der Waals surface area (Å²) < 4.78 is 42.7. The lowest BCUT2D eigenvalue weighted by Crippen LogP contribution is -2.46. The van der Waals surface area contributed by atoms with E-state index in [0.717, 1.165) is 31.5 Å². The fraction of sp³-hybridized carbons (Fsp3) is 0.571. The molecule has 0 bridgehead atoms. The van der Waals surface area contributed by atoms with Gasteiger partial charge in [-0.25, -0.2) is 4.98 Å². The highest BCUT2D eigenvalue weighted by Gasteiger charge is 2.31. The molecular weight excluding hydrogens is 285 g/mol. The number of pyridine rings is 1. The largest absolute Gasteiger partial charge is 0.475 e. The van der Waals surface area contributed by atoms with Crippen molar-refractivity contribution in [3.05, 3.63) is 23.9 Å². The van der Waals surface area contributed by atoms with Crippen molar-refractivity contribution in [3.63, 3.8) is 0 Å². The fourth-order valence-corrected chi connectivity index (χ4v) is 2.48. The third-order valence-corrected chi connectivity index (χ3v) is 3.76. The zero-order chi connectivity index (χ0) is 15.5. The zero-order valence-electron chi connectivity index (χ0n) is 11.6. The molecule has 1 aliphatic heterocycles. The number of piperidine rings is 1. The van der Waals surface area contributed by atoms with Gasteiger partial charge in [0.2, 0.25) is 12.3 Å². The number of carbonyl (C=O) groups excluding carboxylic acids is 1. The summed E-state index contributed by atoms with van der Waals surface area (Å²) in [6.07, 6.45) is -0.910. The van der Waals surface area contributed by atoms with Crippen LogP contribution in [-0.4, -0.2) is 35.5 Å². The Kier molecular flexibility index (Phi) is 4.69. The van der Waals surface area contributed by atoms with Gasteiger partial charge in [-0.3, -0.25) is 4.79 Å². The van der Waals surface area contributed by atoms with Crippen LogP contribution in [0.4, 0.5) is 13.2 Å². The highest BCUT2D eigenvalue weighted by atomic mass is 19.4. The predicted molar refractivity (Wildman–Crippen MR) is 69.7 cm³/mol. The molecule has 2 atom stereocenters. The first-order chi connectivity index (χ1) is 9.91. The van der Waals surface area contributed by atoms with Gasteiger partial charge in [-0.05, 0) is 24.8 Å². The number of carbonyl (C=O) groups is 1. The quantitative estimate of drug-likeness (QED) is 0.803. The van der Waals surface area contributed by atoms with Crippen molar-refractivity contribution in [3.8, 4) is 5.88 Å². The second-order valence-corrected chi connectivity index (χ2v) is 5.22. The minimum absolute atomic E-state index is 0.0691. The van der Waals surface area contributed by atoms with Crippen molar-refractivity contribution in [1.29, 1.82) is 0 Å². The van der Waals surface area contributed by atoms with Gasteiger partial charge in [0.1, 0.15) is 6.61 Å². The summed E-state index contributed by atoms with van der Waals surface area (Å²) in [6.45, 7) is 2.95. The van der Waals surface area contributed by atoms with Gasteiger partial charge in [-0.1, -0.05) is 6.92 Å². The van der Waals surface area contributed by atoms with Gasteiger partial charge >= 0.3 is 6.18 Å². The standard InChI is InChI=1S/C14H17F3N2O2/c1-10-3-2-6-19(9-20)12(10)8-21-13-5-4-11(7-18-13)14(15,16)17/h4-5,7,9-10,12H,2-3,6,8H2,1H3/t10-,12-/m1/s1. The Morgan fingerprint density at radius 3 is 2.81 bits per heavy atom. The molecule has 1 saturated heterocycles. The number of halogens is 3. The number of aromatic nitrogens is 1. The molecule has 1 aliphatic rings. The van der Waals surface area contributed by atoms with Crippen LogP contribution >= 0.6 is 0 Å². The maximum atomic E-state index is 12.4. The molecule has 0 aliphatic carbocycles. The fourth-order valence-electron chi connectivity index (χ4n) is 2.48. The maximum absolute atomic E-state index is 12.4. The molecule has 0 unspecified atom stereocenters. The summed E-state index contributed by atoms with van der Waals surface area (Å²) in [5, 5.41) is 0. The molecule has 1 aromatic rings. The molecule has 0 aromatic carbocycles. The summed E-state index contributed by atoms with van der Waals surface area (Å²) in [7, 11) is 0. The molecule has 2 rings (SSSR count). The van der Waals surface area contributed by atoms with Crippen molar-refractivity contribution in [2.45, 2.75) is 32.0 Å². The van der Waals surface area contributed by atoms with E-state index in [9.17, 15) is 18.0 Å². The van der Waals surface area contributed by atoms with E-state index < -0.39 is 11.7 Å². The summed E-state index contributed by atoms with van der Waals surface area (Å²) in [5.41, 5.74) is -0.810. The van der Waals surface area contributed by atoms with E-state index in [4.69, 9.17) is 4.74 Å². The van der Waals surface area contributed by atoms with E-state index in [1.807, 2.05) is 6.92 Å². The number of ether oxygens (including phenoxy) is 1. The number of alkyl halides is 3. The van der Waals surface area contributed by atoms with E-state index in [1.54, 1.807) is 4.90 Å². The Bertz CT molecular complexity index is 476. The SMILES string of the molecule is C[C@@H]1CCCN(C=O)[C@@H]1COc1ccc(C(F)(F)F)cn1. The number of hydrogen-bond donors (Lipinski definition) is 0. The Balaban J connectivity index is 1.97. The third kappa shape index (κ3) is 3.86. The van der Waals surface area contributed by atoms with Gasteiger partial charge in [-0.2, -0.15) is 13.2 Å². The second kappa shape index (κ2) is 6.32. The van der Waals surface area contributed by atoms with Gasteiger partial charge in [0.05, 0.1) is 11.6 Å². The lowest BCUT2D eigenvalue weighted by Gasteiger charge is -2.37. The topological polar surface area (TPSA) is 42.4 Å². The molecule has 116 valence electrons. The van der Waals surface area contributed by atoms with Crippen LogP contribution in [0.3, 0.4) is 0 Å². The first kappa shape index (κ1) is 15.6. The van der Waals surface area contributed by atoms with Gasteiger partial charge in [0, 0.05) is 18.8 Å². The molecule has 7 heteroatoms. The second-order valence-electron chi connectivity index (χ2n) is 5.22. The van der Waals surface area contributed by atoms with E-state index in [2.05, 4.69) is 4.98 Å². The number of rotatable bonds is 4. The van der Waals surface area contributed by atoms with Crippen molar-refractivity contribution < 1.29 is 22.7 Å². The molecule has 0 radical (unpaired) electrons. The molecular formula is C14H17F3N2O2. The Morgan fingerprint density at radius 2 is 2.24 bits per heavy atom. The molecule has 1 amide bonds. The van der Waals surface area contributed by atoms with E-state index >= 15 is 0 Å². The molecule has 0 saturated carbocycles. The van der Waals surface area contributed by atoms with Crippen LogP contribution in [0, 0.1) is 5.92 Å². The summed E-state index contributed by atoms with van der Waals surface area (Å²) in [6, 6.07) is 2.06. The van der Waals surface area contributed by atoms with Crippen LogP contribution in [-0.2, 0) is 11.0 Å². The first-order valence-electron chi connectivity index (χ1n) is 6.79. The molecule has 0 spiro atoms. The molecule has 1 fully saturated rings. The van der Waals surface area contributed by atoms with E-state index in [-0.39, 0.29) is 18.5 Å². The average Bonchev–Trinajstić information content (AvgIpc) is 2.45. The highest BCUT2D eigenvalue weighted by molar-refractivity contribution is 5.48. The molecule has 0 N–H and O–H groups in total. The number of amides is 1. The van der Waals surface area contributed by atoms with Crippen LogP contribution in [0.5, 0.6) is 5.88 Å². The van der Waals surface area contributed by atoms with Crippen LogP contribution in [0.2, 0.25) is 0 Å². The molecule has 1 aromatic heterocycles. The molecule has 4 nitrogen and oxygen atoms in total. The van der Waals surface area contributed by atoms with Crippen LogP contribution < -0.4 is 4.74 Å². The summed E-state index contributed by atoms with van der Waals surface area (Å²) in [4.78, 5) is 16.3. The maximum Gasteiger partial charge on any atom is 0.417 e. The lowest BCUT2D eigenvalue weighted by atomic mass is 9.92. The first-order valence-corrected chi connectivity index (χ1v) is 6.79. The number of hydrogen-bond acceptors (Lipinski definition) is 3. The van der Waals surface area contributed by atoms with Gasteiger partial charge in [-0.15, -0.1) is 0 Å². The van der Waals surface area contributed by atoms with Crippen molar-refractivity contribution in [2.24, 2.45) is 5.92 Å². The minimum atomic E-state index is -4.41. The summed E-state index contributed by atoms with van der Waals surface area (Å²) in [5.74, 6) is 0.421. The van der Waals surface area contributed by atoms with Crippen LogP contribution in [0.15, 0.2) is 18.3 Å². The van der Waals surface area contributed by atoms with Crippen LogP contribution in [0.1, 0.15) is 25.3 Å². The Labute approximate surface area is 120 Å². The van der Waals surface area contributed by atoms with Gasteiger partial charge in [0.15, 0.2) is 0 Å². The molecule has 21 heavy (non-hydrogen) atoms. The van der Waals surface area contributed by atoms with Gasteiger partial charge in [0.25, 0.3) is 0 Å². The van der Waals surface area contributed by atoms with E-state index in [0.29, 0.717) is 12.5 Å². The predicted octanol–water partition coefficient (Wildman–Crippen LogP) is 2.74. The zero-order valence-corrected chi connectivity index (χ0v) is 11.6. The van der Waals surface area contributed by atoms with Crippen molar-refractivity contribution >= 4 is 6.41 Å². The minimum Gasteiger partial charge on any atom is -0.475 e. The highest BCUT2D eigenvalue weighted by Crippen LogP contribution is 2.29. The third-order valence-electron chi connectivity index (χ3n) is 3.76. The lowest BCUT2D eigenvalue weighted by molar-refractivity contribution is -0.137. The van der Waals surface area contributed by atoms with E-state index in [1.165, 1.54) is 6.07 Å². The monoisotopic (exact) mass is 302 g/mol. The smallest absolute Gasteiger partial charge is 0.417 e. The Hall–Kier alpha value is -1.79. The normalized spacial score (nSPS) is 23.0. The average molecular weight is 302 g/mol. The Morgan fingerprint density at radius 1 is 1.48 bits per heavy atom. The van der Waals surface area contributed by atoms with Crippen LogP contribution in [0.25, 0.3) is 0 Å². The molecule has 2 heterocycles. The number of nitrogens with zero attached hydrogens (tertiary/aromatic N) is 2. The van der Waals surface area contributed by atoms with Crippen molar-refractivity contribution in [2.75, 3.05) is 13.2 Å².